The number of hydrogen-bond donors (Lipinski definition) is 1. The van der Waals surface area contributed by atoms with Crippen LogP contribution in [0.25, 0.3) is 0 Å². The lowest BCUT2D eigenvalue weighted by Gasteiger charge is -2.24. The molecule has 0 unspecified atom stereocenters. The van der Waals surface area contributed by atoms with Gasteiger partial charge in [0.05, 0.1) is 6.10 Å². The third-order valence-corrected chi connectivity index (χ3v) is 2.70. The Morgan fingerprint density at radius 2 is 1.50 bits per heavy atom. The van der Waals surface area contributed by atoms with E-state index in [0.29, 0.717) is 5.92 Å². The SMILES string of the molecule is Cc1ccc([C@H](C(C)C)[C@H](C)O)cc1. The molecule has 0 aromatic heterocycles. The summed E-state index contributed by atoms with van der Waals surface area (Å²) >= 11 is 0. The van der Waals surface area contributed by atoms with Crippen molar-refractivity contribution in [2.24, 2.45) is 5.92 Å². The highest BCUT2D eigenvalue weighted by Gasteiger charge is 2.20. The van der Waals surface area contributed by atoms with Gasteiger partial charge in [0.25, 0.3) is 0 Å². The van der Waals surface area contributed by atoms with Crippen molar-refractivity contribution in [3.05, 3.63) is 35.4 Å². The molecule has 0 heterocycles. The summed E-state index contributed by atoms with van der Waals surface area (Å²) in [5.41, 5.74) is 2.50. The normalized spacial score (nSPS) is 15.6. The standard InChI is InChI=1S/C13H20O/c1-9(2)13(11(4)14)12-7-5-10(3)6-8-12/h5-9,11,13-14H,1-4H3/t11-,13+/m0/s1. The van der Waals surface area contributed by atoms with Gasteiger partial charge in [0.2, 0.25) is 0 Å². The minimum atomic E-state index is -0.280. The maximum atomic E-state index is 9.71. The number of aryl methyl sites for hydroxylation is 1. The molecule has 0 fully saturated rings. The smallest absolute Gasteiger partial charge is 0.0583 e. The van der Waals surface area contributed by atoms with E-state index in [9.17, 15) is 5.11 Å². The molecule has 1 nitrogen and oxygen atoms in total. The van der Waals surface area contributed by atoms with Gasteiger partial charge in [-0.1, -0.05) is 43.7 Å². The topological polar surface area (TPSA) is 20.2 Å². The molecule has 0 amide bonds. The molecule has 1 N–H and O–H groups in total. The third kappa shape index (κ3) is 2.58. The van der Waals surface area contributed by atoms with Crippen molar-refractivity contribution in [2.45, 2.75) is 39.7 Å². The lowest BCUT2D eigenvalue weighted by Crippen LogP contribution is -2.19. The van der Waals surface area contributed by atoms with Gasteiger partial charge in [0.15, 0.2) is 0 Å². The molecule has 1 aromatic carbocycles. The Balaban J connectivity index is 2.94. The Kier molecular flexibility index (Phi) is 3.70. The van der Waals surface area contributed by atoms with Crippen molar-refractivity contribution in [3.8, 4) is 0 Å². The van der Waals surface area contributed by atoms with E-state index in [1.807, 2.05) is 6.92 Å². The van der Waals surface area contributed by atoms with E-state index in [1.165, 1.54) is 11.1 Å². The number of benzene rings is 1. The highest BCUT2D eigenvalue weighted by molar-refractivity contribution is 5.25. The van der Waals surface area contributed by atoms with Gasteiger partial charge in [0, 0.05) is 5.92 Å². The van der Waals surface area contributed by atoms with Crippen LogP contribution in [-0.2, 0) is 0 Å². The molecule has 0 aliphatic rings. The maximum absolute atomic E-state index is 9.71. The second kappa shape index (κ2) is 4.61. The summed E-state index contributed by atoms with van der Waals surface area (Å²) in [6, 6.07) is 8.44. The maximum Gasteiger partial charge on any atom is 0.0583 e. The van der Waals surface area contributed by atoms with Crippen LogP contribution in [0.2, 0.25) is 0 Å². The van der Waals surface area contributed by atoms with Crippen LogP contribution in [0.3, 0.4) is 0 Å². The summed E-state index contributed by atoms with van der Waals surface area (Å²) in [5.74, 6) is 0.716. The molecule has 1 heteroatoms. The third-order valence-electron chi connectivity index (χ3n) is 2.70. The molecule has 0 radical (unpaired) electrons. The fourth-order valence-corrected chi connectivity index (χ4v) is 2.01. The van der Waals surface area contributed by atoms with E-state index >= 15 is 0 Å². The molecule has 0 saturated carbocycles. The van der Waals surface area contributed by atoms with Crippen molar-refractivity contribution in [2.75, 3.05) is 0 Å². The van der Waals surface area contributed by atoms with E-state index < -0.39 is 0 Å². The molecular formula is C13H20O. The largest absolute Gasteiger partial charge is 0.393 e. The van der Waals surface area contributed by atoms with Gasteiger partial charge in [0.1, 0.15) is 0 Å². The van der Waals surface area contributed by atoms with Crippen molar-refractivity contribution < 1.29 is 5.11 Å². The second-order valence-corrected chi connectivity index (χ2v) is 4.42. The van der Waals surface area contributed by atoms with Gasteiger partial charge in [-0.15, -0.1) is 0 Å². The Morgan fingerprint density at radius 3 is 1.86 bits per heavy atom. The molecule has 0 bridgehead atoms. The van der Waals surface area contributed by atoms with Crippen LogP contribution in [0.15, 0.2) is 24.3 Å². The summed E-state index contributed by atoms with van der Waals surface area (Å²) in [6.07, 6.45) is -0.280. The molecule has 2 atom stereocenters. The number of aliphatic hydroxyl groups excluding tert-OH is 1. The summed E-state index contributed by atoms with van der Waals surface area (Å²) in [6.45, 7) is 8.25. The van der Waals surface area contributed by atoms with Gasteiger partial charge in [-0.2, -0.15) is 0 Å². The first-order chi connectivity index (χ1) is 6.52. The summed E-state index contributed by atoms with van der Waals surface area (Å²) < 4.78 is 0. The first-order valence-corrected chi connectivity index (χ1v) is 5.27. The van der Waals surface area contributed by atoms with Crippen LogP contribution in [0.4, 0.5) is 0 Å². The highest BCUT2D eigenvalue weighted by Crippen LogP contribution is 2.27. The second-order valence-electron chi connectivity index (χ2n) is 4.42. The minimum absolute atomic E-state index is 0.246. The number of rotatable bonds is 3. The molecule has 0 aliphatic carbocycles. The van der Waals surface area contributed by atoms with Crippen LogP contribution in [0, 0.1) is 12.8 Å². The molecular weight excluding hydrogens is 172 g/mol. The average Bonchev–Trinajstić information content (AvgIpc) is 2.07. The first kappa shape index (κ1) is 11.3. The van der Waals surface area contributed by atoms with Crippen molar-refractivity contribution in [3.63, 3.8) is 0 Å². The molecule has 78 valence electrons. The van der Waals surface area contributed by atoms with Gasteiger partial charge in [-0.3, -0.25) is 0 Å². The van der Waals surface area contributed by atoms with Crippen LogP contribution >= 0.6 is 0 Å². The minimum Gasteiger partial charge on any atom is -0.393 e. The fraction of sp³-hybridized carbons (Fsp3) is 0.538. The summed E-state index contributed by atoms with van der Waals surface area (Å²) in [4.78, 5) is 0. The first-order valence-electron chi connectivity index (χ1n) is 5.27. The molecule has 1 rings (SSSR count). The Hall–Kier alpha value is -0.820. The Labute approximate surface area is 86.8 Å². The lowest BCUT2D eigenvalue weighted by atomic mass is 9.84. The molecule has 0 saturated heterocycles. The number of aliphatic hydroxyl groups is 1. The van der Waals surface area contributed by atoms with Gasteiger partial charge in [-0.25, -0.2) is 0 Å². The van der Waals surface area contributed by atoms with Gasteiger partial charge < -0.3 is 5.11 Å². The van der Waals surface area contributed by atoms with E-state index in [4.69, 9.17) is 0 Å². The average molecular weight is 192 g/mol. The predicted molar refractivity (Wildman–Crippen MR) is 60.4 cm³/mol. The van der Waals surface area contributed by atoms with Crippen molar-refractivity contribution >= 4 is 0 Å². The van der Waals surface area contributed by atoms with Crippen LogP contribution in [0.5, 0.6) is 0 Å². The highest BCUT2D eigenvalue weighted by atomic mass is 16.3. The van der Waals surface area contributed by atoms with Crippen LogP contribution in [0.1, 0.15) is 37.8 Å². The molecule has 0 spiro atoms. The molecule has 1 aromatic rings. The van der Waals surface area contributed by atoms with Crippen LogP contribution in [-0.4, -0.2) is 11.2 Å². The Morgan fingerprint density at radius 1 is 1.00 bits per heavy atom. The zero-order chi connectivity index (χ0) is 10.7. The van der Waals surface area contributed by atoms with E-state index in [0.717, 1.165) is 0 Å². The molecule has 0 aliphatic heterocycles. The number of hydrogen-bond acceptors (Lipinski definition) is 1. The quantitative estimate of drug-likeness (QED) is 0.780. The van der Waals surface area contributed by atoms with E-state index in [2.05, 4.69) is 45.0 Å². The lowest BCUT2D eigenvalue weighted by molar-refractivity contribution is 0.140. The predicted octanol–water partition coefficient (Wildman–Crippen LogP) is 3.12. The Bertz CT molecular complexity index is 264. The van der Waals surface area contributed by atoms with Gasteiger partial charge >= 0.3 is 0 Å². The van der Waals surface area contributed by atoms with Gasteiger partial charge in [-0.05, 0) is 25.3 Å². The summed E-state index contributed by atoms with van der Waals surface area (Å²) in [5, 5.41) is 9.71. The molecule has 14 heavy (non-hydrogen) atoms. The van der Waals surface area contributed by atoms with Crippen molar-refractivity contribution in [1.29, 1.82) is 0 Å². The zero-order valence-electron chi connectivity index (χ0n) is 9.49. The zero-order valence-corrected chi connectivity index (χ0v) is 9.49. The monoisotopic (exact) mass is 192 g/mol. The summed E-state index contributed by atoms with van der Waals surface area (Å²) in [7, 11) is 0. The van der Waals surface area contributed by atoms with Crippen LogP contribution < -0.4 is 0 Å². The fourth-order valence-electron chi connectivity index (χ4n) is 2.01. The van der Waals surface area contributed by atoms with E-state index in [-0.39, 0.29) is 12.0 Å². The van der Waals surface area contributed by atoms with Crippen molar-refractivity contribution in [1.82, 2.24) is 0 Å². The van der Waals surface area contributed by atoms with E-state index in [1.54, 1.807) is 0 Å².